The predicted octanol–water partition coefficient (Wildman–Crippen LogP) is 0.705. The highest BCUT2D eigenvalue weighted by molar-refractivity contribution is 5.97. The standard InChI is InChI=1S/C11H13N5O2/c1-6-3-4-9(17)8(5-6)11(18)12-7(2)10-13-15-16-14-10/h3-5,7,17H,1-2H3,(H,12,18)(H,13,14,15,16). The van der Waals surface area contributed by atoms with E-state index in [1.165, 1.54) is 6.07 Å². The maximum atomic E-state index is 12.0. The van der Waals surface area contributed by atoms with E-state index in [2.05, 4.69) is 25.9 Å². The Morgan fingerprint density at radius 2 is 2.28 bits per heavy atom. The number of nitrogens with zero attached hydrogens (tertiary/aromatic N) is 3. The molecule has 7 nitrogen and oxygen atoms in total. The minimum Gasteiger partial charge on any atom is -0.507 e. The van der Waals surface area contributed by atoms with Crippen molar-refractivity contribution in [3.8, 4) is 5.75 Å². The van der Waals surface area contributed by atoms with Crippen molar-refractivity contribution in [1.29, 1.82) is 0 Å². The lowest BCUT2D eigenvalue weighted by Crippen LogP contribution is -2.27. The monoisotopic (exact) mass is 247 g/mol. The number of benzene rings is 1. The van der Waals surface area contributed by atoms with E-state index in [-0.39, 0.29) is 17.2 Å². The van der Waals surface area contributed by atoms with Gasteiger partial charge in [-0.05, 0) is 26.0 Å². The fourth-order valence-corrected chi connectivity index (χ4v) is 1.52. The molecule has 0 saturated carbocycles. The maximum Gasteiger partial charge on any atom is 0.255 e. The maximum absolute atomic E-state index is 12.0. The van der Waals surface area contributed by atoms with Crippen LogP contribution >= 0.6 is 0 Å². The van der Waals surface area contributed by atoms with Crippen LogP contribution in [0.4, 0.5) is 0 Å². The summed E-state index contributed by atoms with van der Waals surface area (Å²) in [6, 6.07) is 4.45. The summed E-state index contributed by atoms with van der Waals surface area (Å²) in [6.07, 6.45) is 0. The summed E-state index contributed by atoms with van der Waals surface area (Å²) in [6.45, 7) is 3.58. The van der Waals surface area contributed by atoms with Crippen LogP contribution in [-0.4, -0.2) is 31.6 Å². The van der Waals surface area contributed by atoms with Crippen molar-refractivity contribution < 1.29 is 9.90 Å². The van der Waals surface area contributed by atoms with Crippen LogP contribution in [0.15, 0.2) is 18.2 Å². The van der Waals surface area contributed by atoms with Crippen LogP contribution in [0.1, 0.15) is 34.7 Å². The molecule has 0 aliphatic carbocycles. The quantitative estimate of drug-likeness (QED) is 0.740. The van der Waals surface area contributed by atoms with Crippen molar-refractivity contribution in [2.24, 2.45) is 0 Å². The fourth-order valence-electron chi connectivity index (χ4n) is 1.52. The molecule has 18 heavy (non-hydrogen) atoms. The average Bonchev–Trinajstić information content (AvgIpc) is 2.85. The second-order valence-corrected chi connectivity index (χ2v) is 3.99. The van der Waals surface area contributed by atoms with E-state index in [9.17, 15) is 9.90 Å². The van der Waals surface area contributed by atoms with Gasteiger partial charge in [-0.2, -0.15) is 5.21 Å². The van der Waals surface area contributed by atoms with Gasteiger partial charge < -0.3 is 10.4 Å². The van der Waals surface area contributed by atoms with E-state index < -0.39 is 6.04 Å². The molecule has 0 spiro atoms. The van der Waals surface area contributed by atoms with Gasteiger partial charge in [-0.15, -0.1) is 10.2 Å². The Balaban J connectivity index is 2.15. The molecular formula is C11H13N5O2. The van der Waals surface area contributed by atoms with Crippen LogP contribution in [0.2, 0.25) is 0 Å². The minimum absolute atomic E-state index is 0.0570. The molecule has 1 aromatic carbocycles. The molecule has 0 radical (unpaired) electrons. The number of aromatic amines is 1. The molecule has 0 aliphatic rings. The molecule has 7 heteroatoms. The number of aromatic nitrogens is 4. The van der Waals surface area contributed by atoms with Crippen molar-refractivity contribution in [2.75, 3.05) is 0 Å². The normalized spacial score (nSPS) is 12.1. The molecule has 0 bridgehead atoms. The number of tetrazole rings is 1. The average molecular weight is 247 g/mol. The van der Waals surface area contributed by atoms with Crippen LogP contribution < -0.4 is 5.32 Å². The first kappa shape index (κ1) is 12.0. The molecule has 1 amide bonds. The van der Waals surface area contributed by atoms with Gasteiger partial charge in [0.1, 0.15) is 5.75 Å². The Kier molecular flexibility index (Phi) is 3.22. The number of H-pyrrole nitrogens is 1. The number of hydrogen-bond donors (Lipinski definition) is 3. The highest BCUT2D eigenvalue weighted by atomic mass is 16.3. The van der Waals surface area contributed by atoms with Gasteiger partial charge in [0.25, 0.3) is 5.91 Å². The summed E-state index contributed by atoms with van der Waals surface area (Å²) in [7, 11) is 0. The minimum atomic E-state index is -0.392. The first-order valence-electron chi connectivity index (χ1n) is 5.41. The summed E-state index contributed by atoms with van der Waals surface area (Å²) >= 11 is 0. The number of aromatic hydroxyl groups is 1. The fraction of sp³-hybridized carbons (Fsp3) is 0.273. The van der Waals surface area contributed by atoms with Crippen molar-refractivity contribution in [1.82, 2.24) is 25.9 Å². The Bertz CT molecular complexity index is 553. The topological polar surface area (TPSA) is 104 Å². The van der Waals surface area contributed by atoms with Crippen LogP contribution in [0.25, 0.3) is 0 Å². The number of hydrogen-bond acceptors (Lipinski definition) is 5. The van der Waals surface area contributed by atoms with Crippen molar-refractivity contribution >= 4 is 5.91 Å². The molecule has 2 rings (SSSR count). The van der Waals surface area contributed by atoms with Crippen LogP contribution in [0, 0.1) is 6.92 Å². The zero-order valence-corrected chi connectivity index (χ0v) is 10.0. The van der Waals surface area contributed by atoms with Crippen LogP contribution in [0.5, 0.6) is 5.75 Å². The molecule has 0 fully saturated rings. The first-order valence-corrected chi connectivity index (χ1v) is 5.41. The number of carbonyl (C=O) groups excluding carboxylic acids is 1. The summed E-state index contributed by atoms with van der Waals surface area (Å²) in [4.78, 5) is 12.0. The van der Waals surface area contributed by atoms with Gasteiger partial charge in [-0.1, -0.05) is 16.8 Å². The third-order valence-electron chi connectivity index (χ3n) is 2.49. The van der Waals surface area contributed by atoms with Crippen molar-refractivity contribution in [3.63, 3.8) is 0 Å². The number of rotatable bonds is 3. The summed E-state index contributed by atoms with van der Waals surface area (Å²) in [5, 5.41) is 25.6. The number of amides is 1. The second kappa shape index (κ2) is 4.82. The predicted molar refractivity (Wildman–Crippen MR) is 62.9 cm³/mol. The van der Waals surface area contributed by atoms with Crippen molar-refractivity contribution in [3.05, 3.63) is 35.2 Å². The number of nitrogens with one attached hydrogen (secondary N) is 2. The van der Waals surface area contributed by atoms with E-state index in [1.54, 1.807) is 19.1 Å². The smallest absolute Gasteiger partial charge is 0.255 e. The summed E-state index contributed by atoms with van der Waals surface area (Å²) in [5.74, 6) is -0.0533. The van der Waals surface area contributed by atoms with Gasteiger partial charge in [-0.3, -0.25) is 4.79 Å². The van der Waals surface area contributed by atoms with Crippen molar-refractivity contribution in [2.45, 2.75) is 19.9 Å². The SMILES string of the molecule is Cc1ccc(O)c(C(=O)NC(C)c2nn[nH]n2)c1. The lowest BCUT2D eigenvalue weighted by atomic mass is 10.1. The molecular weight excluding hydrogens is 234 g/mol. The summed E-state index contributed by atoms with van der Waals surface area (Å²) < 4.78 is 0. The van der Waals surface area contributed by atoms with Gasteiger partial charge in [0.2, 0.25) is 0 Å². The lowest BCUT2D eigenvalue weighted by molar-refractivity contribution is 0.0935. The van der Waals surface area contributed by atoms with Gasteiger partial charge >= 0.3 is 0 Å². The Morgan fingerprint density at radius 1 is 1.50 bits per heavy atom. The Morgan fingerprint density at radius 3 is 2.94 bits per heavy atom. The van der Waals surface area contributed by atoms with Gasteiger partial charge in [0.15, 0.2) is 5.82 Å². The van der Waals surface area contributed by atoms with Crippen LogP contribution in [0.3, 0.4) is 0 Å². The van der Waals surface area contributed by atoms with E-state index in [0.29, 0.717) is 5.82 Å². The molecule has 94 valence electrons. The number of carbonyl (C=O) groups is 1. The first-order chi connectivity index (χ1) is 8.58. The zero-order chi connectivity index (χ0) is 13.1. The van der Waals surface area contributed by atoms with E-state index >= 15 is 0 Å². The highest BCUT2D eigenvalue weighted by Gasteiger charge is 2.17. The molecule has 0 saturated heterocycles. The van der Waals surface area contributed by atoms with Gasteiger partial charge in [-0.25, -0.2) is 0 Å². The molecule has 0 aliphatic heterocycles. The Labute approximate surface area is 103 Å². The third kappa shape index (κ3) is 2.45. The molecule has 1 unspecified atom stereocenters. The largest absolute Gasteiger partial charge is 0.507 e. The molecule has 1 aromatic heterocycles. The number of phenols is 1. The number of phenolic OH excluding ortho intramolecular Hbond substituents is 1. The zero-order valence-electron chi connectivity index (χ0n) is 10.0. The van der Waals surface area contributed by atoms with E-state index in [0.717, 1.165) is 5.56 Å². The van der Waals surface area contributed by atoms with Gasteiger partial charge in [0.05, 0.1) is 11.6 Å². The summed E-state index contributed by atoms with van der Waals surface area (Å²) in [5.41, 5.74) is 1.12. The van der Waals surface area contributed by atoms with E-state index in [1.807, 2.05) is 6.92 Å². The molecule has 3 N–H and O–H groups in total. The van der Waals surface area contributed by atoms with Crippen LogP contribution in [-0.2, 0) is 0 Å². The third-order valence-corrected chi connectivity index (χ3v) is 2.49. The molecule has 1 heterocycles. The highest BCUT2D eigenvalue weighted by Crippen LogP contribution is 2.19. The lowest BCUT2D eigenvalue weighted by Gasteiger charge is -2.11. The molecule has 1 atom stereocenters. The van der Waals surface area contributed by atoms with E-state index in [4.69, 9.17) is 0 Å². The molecule has 2 aromatic rings. The Hall–Kier alpha value is -2.44. The second-order valence-electron chi connectivity index (χ2n) is 3.99. The number of aryl methyl sites for hydroxylation is 1. The van der Waals surface area contributed by atoms with Gasteiger partial charge in [0, 0.05) is 0 Å².